The summed E-state index contributed by atoms with van der Waals surface area (Å²) in [7, 11) is -3.59. The molecule has 5 heteroatoms. The van der Waals surface area contributed by atoms with Crippen molar-refractivity contribution in [3.05, 3.63) is 60.2 Å². The molecule has 0 amide bonds. The third kappa shape index (κ3) is 2.92. The second-order valence-electron chi connectivity index (χ2n) is 3.86. The van der Waals surface area contributed by atoms with Crippen LogP contribution in [0.15, 0.2) is 53.7 Å². The summed E-state index contributed by atoms with van der Waals surface area (Å²) in [5.74, 6) is -0.830. The molecule has 0 atom stereocenters. The van der Waals surface area contributed by atoms with Crippen molar-refractivity contribution in [3.8, 4) is 0 Å². The predicted octanol–water partition coefficient (Wildman–Crippen LogP) is 2.24. The summed E-state index contributed by atoms with van der Waals surface area (Å²) in [6.45, 7) is 0. The van der Waals surface area contributed by atoms with Gasteiger partial charge >= 0.3 is 0 Å². The Hall–Kier alpha value is -1.75. The highest BCUT2D eigenvalue weighted by Crippen LogP contribution is 2.16. The number of hydrogen-bond donors (Lipinski definition) is 0. The molecule has 2 aromatic rings. The lowest BCUT2D eigenvalue weighted by Gasteiger charge is -2.05. The van der Waals surface area contributed by atoms with Crippen LogP contribution >= 0.6 is 0 Å². The molecule has 0 aliphatic carbocycles. The molecule has 0 bridgehead atoms. The molecule has 0 aliphatic heterocycles. The highest BCUT2D eigenvalue weighted by molar-refractivity contribution is 7.91. The van der Waals surface area contributed by atoms with E-state index in [-0.39, 0.29) is 10.6 Å². The lowest BCUT2D eigenvalue weighted by Crippen LogP contribution is -2.11. The van der Waals surface area contributed by atoms with E-state index < -0.39 is 15.7 Å². The summed E-state index contributed by atoms with van der Waals surface area (Å²) >= 11 is 0. The lowest BCUT2D eigenvalue weighted by atomic mass is 10.2. The number of hydrogen-bond acceptors (Lipinski definition) is 3. The molecular formula is C13H12FNO2S. The van der Waals surface area contributed by atoms with Gasteiger partial charge in [0.1, 0.15) is 10.7 Å². The smallest absolute Gasteiger partial charge is 0.181 e. The number of aryl methyl sites for hydroxylation is 1. The van der Waals surface area contributed by atoms with Crippen LogP contribution in [0.5, 0.6) is 0 Å². The van der Waals surface area contributed by atoms with Gasteiger partial charge in [-0.3, -0.25) is 4.98 Å². The van der Waals surface area contributed by atoms with Gasteiger partial charge in [-0.25, -0.2) is 12.8 Å². The Labute approximate surface area is 105 Å². The Bertz CT molecular complexity index is 626. The van der Waals surface area contributed by atoms with Gasteiger partial charge in [-0.15, -0.1) is 0 Å². The molecule has 0 aliphatic rings. The van der Waals surface area contributed by atoms with Gasteiger partial charge in [-0.1, -0.05) is 18.2 Å². The molecule has 94 valence electrons. The first-order valence-electron chi connectivity index (χ1n) is 5.46. The van der Waals surface area contributed by atoms with Crippen molar-refractivity contribution in [2.24, 2.45) is 0 Å². The molecule has 2 rings (SSSR count). The van der Waals surface area contributed by atoms with Gasteiger partial charge in [0.25, 0.3) is 0 Å². The second-order valence-corrected chi connectivity index (χ2v) is 5.94. The third-order valence-electron chi connectivity index (χ3n) is 2.55. The zero-order chi connectivity index (χ0) is 13.0. The first-order chi connectivity index (χ1) is 8.59. The average Bonchev–Trinajstić information content (AvgIpc) is 2.38. The standard InChI is InChI=1S/C13H12FNO2S/c14-12-5-1-2-6-13(12)18(16,17)9-7-11-4-3-8-15-10-11/h1-6,8,10H,7,9H2. The molecule has 0 saturated carbocycles. The van der Waals surface area contributed by atoms with E-state index in [0.717, 1.165) is 11.6 Å². The van der Waals surface area contributed by atoms with Crippen molar-refractivity contribution in [2.45, 2.75) is 11.3 Å². The SMILES string of the molecule is O=S(=O)(CCc1cccnc1)c1ccccc1F. The Kier molecular flexibility index (Phi) is 3.72. The van der Waals surface area contributed by atoms with Gasteiger partial charge in [-0.05, 0) is 30.2 Å². The molecule has 1 aromatic heterocycles. The van der Waals surface area contributed by atoms with Crippen LogP contribution in [0.25, 0.3) is 0 Å². The van der Waals surface area contributed by atoms with E-state index in [4.69, 9.17) is 0 Å². The normalized spacial score (nSPS) is 11.4. The zero-order valence-electron chi connectivity index (χ0n) is 9.58. The van der Waals surface area contributed by atoms with Gasteiger partial charge in [0.2, 0.25) is 0 Å². The van der Waals surface area contributed by atoms with Crippen LogP contribution in [0.4, 0.5) is 4.39 Å². The summed E-state index contributed by atoms with van der Waals surface area (Å²) in [5, 5.41) is 0. The first-order valence-corrected chi connectivity index (χ1v) is 7.11. The maximum atomic E-state index is 13.4. The van der Waals surface area contributed by atoms with Crippen LogP contribution in [0.3, 0.4) is 0 Å². The molecule has 18 heavy (non-hydrogen) atoms. The fourth-order valence-electron chi connectivity index (χ4n) is 1.61. The highest BCUT2D eigenvalue weighted by Gasteiger charge is 2.18. The largest absolute Gasteiger partial charge is 0.264 e. The molecule has 0 unspecified atom stereocenters. The van der Waals surface area contributed by atoms with E-state index in [9.17, 15) is 12.8 Å². The predicted molar refractivity (Wildman–Crippen MR) is 66.4 cm³/mol. The molecular weight excluding hydrogens is 253 g/mol. The number of benzene rings is 1. The van der Waals surface area contributed by atoms with Crippen molar-refractivity contribution >= 4 is 9.84 Å². The van der Waals surface area contributed by atoms with Crippen molar-refractivity contribution in [3.63, 3.8) is 0 Å². The lowest BCUT2D eigenvalue weighted by molar-refractivity contribution is 0.566. The minimum absolute atomic E-state index is 0.125. The molecule has 1 heterocycles. The summed E-state index contributed by atoms with van der Waals surface area (Å²) in [6.07, 6.45) is 3.55. The van der Waals surface area contributed by atoms with Crippen LogP contribution in [0.1, 0.15) is 5.56 Å². The fourth-order valence-corrected chi connectivity index (χ4v) is 2.98. The van der Waals surface area contributed by atoms with Crippen LogP contribution in [-0.4, -0.2) is 19.2 Å². The van der Waals surface area contributed by atoms with Crippen LogP contribution in [0.2, 0.25) is 0 Å². The van der Waals surface area contributed by atoms with Crippen molar-refractivity contribution in [2.75, 3.05) is 5.75 Å². The summed E-state index contributed by atoms with van der Waals surface area (Å²) in [6, 6.07) is 8.95. The minimum Gasteiger partial charge on any atom is -0.264 e. The number of halogens is 1. The van der Waals surface area contributed by atoms with Crippen LogP contribution < -0.4 is 0 Å². The fraction of sp³-hybridized carbons (Fsp3) is 0.154. The van der Waals surface area contributed by atoms with Crippen LogP contribution in [-0.2, 0) is 16.3 Å². The molecule has 0 fully saturated rings. The van der Waals surface area contributed by atoms with Crippen LogP contribution in [0, 0.1) is 5.82 Å². The Morgan fingerprint density at radius 2 is 1.89 bits per heavy atom. The first kappa shape index (κ1) is 12.7. The van der Waals surface area contributed by atoms with Gasteiger partial charge in [-0.2, -0.15) is 0 Å². The molecule has 0 spiro atoms. The van der Waals surface area contributed by atoms with E-state index in [0.29, 0.717) is 6.42 Å². The van der Waals surface area contributed by atoms with E-state index in [1.165, 1.54) is 18.2 Å². The van der Waals surface area contributed by atoms with E-state index in [2.05, 4.69) is 4.98 Å². The molecule has 1 aromatic carbocycles. The Morgan fingerprint density at radius 3 is 2.56 bits per heavy atom. The third-order valence-corrected chi connectivity index (χ3v) is 4.30. The molecule has 3 nitrogen and oxygen atoms in total. The van der Waals surface area contributed by atoms with Gasteiger partial charge in [0.05, 0.1) is 5.75 Å². The van der Waals surface area contributed by atoms with Crippen molar-refractivity contribution < 1.29 is 12.8 Å². The van der Waals surface area contributed by atoms with E-state index >= 15 is 0 Å². The number of nitrogens with zero attached hydrogens (tertiary/aromatic N) is 1. The van der Waals surface area contributed by atoms with E-state index in [1.807, 2.05) is 0 Å². The topological polar surface area (TPSA) is 47.0 Å². The molecule has 0 radical (unpaired) electrons. The van der Waals surface area contributed by atoms with Crippen molar-refractivity contribution in [1.29, 1.82) is 0 Å². The van der Waals surface area contributed by atoms with Gasteiger partial charge in [0.15, 0.2) is 9.84 Å². The minimum atomic E-state index is -3.59. The summed E-state index contributed by atoms with van der Waals surface area (Å²) < 4.78 is 37.4. The summed E-state index contributed by atoms with van der Waals surface area (Å²) in [5.41, 5.74) is 0.817. The van der Waals surface area contributed by atoms with Gasteiger partial charge in [0, 0.05) is 12.4 Å². The zero-order valence-corrected chi connectivity index (χ0v) is 10.4. The maximum absolute atomic E-state index is 13.4. The number of aromatic nitrogens is 1. The monoisotopic (exact) mass is 265 g/mol. The molecule has 0 N–H and O–H groups in total. The second kappa shape index (κ2) is 5.27. The summed E-state index contributed by atoms with van der Waals surface area (Å²) in [4.78, 5) is 3.66. The number of pyridine rings is 1. The average molecular weight is 265 g/mol. The number of sulfone groups is 1. The van der Waals surface area contributed by atoms with Crippen molar-refractivity contribution in [1.82, 2.24) is 4.98 Å². The highest BCUT2D eigenvalue weighted by atomic mass is 32.2. The van der Waals surface area contributed by atoms with Gasteiger partial charge < -0.3 is 0 Å². The Morgan fingerprint density at radius 1 is 1.11 bits per heavy atom. The number of rotatable bonds is 4. The molecule has 0 saturated heterocycles. The quantitative estimate of drug-likeness (QED) is 0.851. The maximum Gasteiger partial charge on any atom is 0.181 e. The Balaban J connectivity index is 2.16. The van der Waals surface area contributed by atoms with E-state index in [1.54, 1.807) is 24.5 Å².